The molecule has 0 radical (unpaired) electrons. The molecule has 0 saturated carbocycles. The van der Waals surface area contributed by atoms with Gasteiger partial charge in [0.2, 0.25) is 0 Å². The predicted octanol–water partition coefficient (Wildman–Crippen LogP) is 5.53. The molecule has 0 aliphatic carbocycles. The van der Waals surface area contributed by atoms with E-state index < -0.39 is 5.97 Å². The largest absolute Gasteiger partial charge is 0.478 e. The van der Waals surface area contributed by atoms with Crippen molar-refractivity contribution in [2.24, 2.45) is 0 Å². The van der Waals surface area contributed by atoms with Crippen molar-refractivity contribution in [2.75, 3.05) is 0 Å². The molecule has 1 N–H and O–H groups in total. The smallest absolute Gasteiger partial charge is 0.335 e. The molecule has 1 heterocycles. The highest BCUT2D eigenvalue weighted by Crippen LogP contribution is 2.23. The zero-order chi connectivity index (χ0) is 22.0. The van der Waals surface area contributed by atoms with Gasteiger partial charge in [-0.15, -0.1) is 0 Å². The highest BCUT2D eigenvalue weighted by atomic mass is 35.5. The molecule has 3 aromatic carbocycles. The third kappa shape index (κ3) is 4.28. The first-order chi connectivity index (χ1) is 15.0. The fourth-order valence-corrected chi connectivity index (χ4v) is 3.98. The lowest BCUT2D eigenvalue weighted by atomic mass is 10.1. The number of hydrogen-bond acceptors (Lipinski definition) is 2. The van der Waals surface area contributed by atoms with E-state index in [2.05, 4.69) is 19.1 Å². The van der Waals surface area contributed by atoms with Gasteiger partial charge in [-0.05, 0) is 66.4 Å². The van der Waals surface area contributed by atoms with Gasteiger partial charge in [-0.3, -0.25) is 9.13 Å². The molecule has 31 heavy (non-hydrogen) atoms. The fourth-order valence-electron chi connectivity index (χ4n) is 3.81. The van der Waals surface area contributed by atoms with Crippen molar-refractivity contribution in [3.8, 4) is 5.69 Å². The van der Waals surface area contributed by atoms with Gasteiger partial charge in [0, 0.05) is 5.02 Å². The standard InChI is InChI=1S/C25H23ClN2O3/c1-2-3-5-17-8-11-21(12-9-17)28-23-15-20(26)10-13-22(23)27(25(28)31)16-18-6-4-7-19(14-18)24(29)30/h4,6-15H,2-3,5,16H2,1H3,(H,29,30). The highest BCUT2D eigenvalue weighted by molar-refractivity contribution is 6.31. The minimum Gasteiger partial charge on any atom is -0.478 e. The monoisotopic (exact) mass is 434 g/mol. The van der Waals surface area contributed by atoms with Crippen LogP contribution >= 0.6 is 11.6 Å². The van der Waals surface area contributed by atoms with Crippen molar-refractivity contribution >= 4 is 28.6 Å². The molecule has 0 aliphatic heterocycles. The molecule has 4 aromatic rings. The van der Waals surface area contributed by atoms with Gasteiger partial charge in [-0.2, -0.15) is 0 Å². The van der Waals surface area contributed by atoms with Crippen LogP contribution in [0.3, 0.4) is 0 Å². The van der Waals surface area contributed by atoms with E-state index in [-0.39, 0.29) is 17.8 Å². The number of hydrogen-bond donors (Lipinski definition) is 1. The molecule has 0 bridgehead atoms. The number of carboxylic acids is 1. The van der Waals surface area contributed by atoms with Crippen LogP contribution in [0.5, 0.6) is 0 Å². The molecule has 1 aromatic heterocycles. The van der Waals surface area contributed by atoms with E-state index in [4.69, 9.17) is 11.6 Å². The van der Waals surface area contributed by atoms with E-state index in [9.17, 15) is 14.7 Å². The summed E-state index contributed by atoms with van der Waals surface area (Å²) < 4.78 is 3.31. The highest BCUT2D eigenvalue weighted by Gasteiger charge is 2.16. The van der Waals surface area contributed by atoms with Crippen LogP contribution < -0.4 is 5.69 Å². The summed E-state index contributed by atoms with van der Waals surface area (Å²) in [6.07, 6.45) is 3.28. The zero-order valence-corrected chi connectivity index (χ0v) is 18.0. The number of nitrogens with zero attached hydrogens (tertiary/aromatic N) is 2. The summed E-state index contributed by atoms with van der Waals surface area (Å²) in [4.78, 5) is 24.8. The quantitative estimate of drug-likeness (QED) is 0.415. The Balaban J connectivity index is 1.81. The summed E-state index contributed by atoms with van der Waals surface area (Å²) in [6.45, 7) is 2.43. The molecule has 0 fully saturated rings. The lowest BCUT2D eigenvalue weighted by Crippen LogP contribution is -2.23. The predicted molar refractivity (Wildman–Crippen MR) is 124 cm³/mol. The van der Waals surface area contributed by atoms with Crippen LogP contribution in [0.25, 0.3) is 16.7 Å². The summed E-state index contributed by atoms with van der Waals surface area (Å²) in [5.41, 5.74) is 4.21. The Morgan fingerprint density at radius 2 is 1.74 bits per heavy atom. The van der Waals surface area contributed by atoms with Gasteiger partial charge in [0.05, 0.1) is 28.8 Å². The van der Waals surface area contributed by atoms with Crippen molar-refractivity contribution in [1.82, 2.24) is 9.13 Å². The second-order valence-electron chi connectivity index (χ2n) is 7.61. The average Bonchev–Trinajstić information content (AvgIpc) is 3.03. The van der Waals surface area contributed by atoms with Crippen LogP contribution in [0.1, 0.15) is 41.3 Å². The fraction of sp³-hybridized carbons (Fsp3) is 0.200. The number of rotatable bonds is 7. The average molecular weight is 435 g/mol. The number of benzene rings is 3. The Morgan fingerprint density at radius 1 is 0.968 bits per heavy atom. The lowest BCUT2D eigenvalue weighted by Gasteiger charge is -2.06. The van der Waals surface area contributed by atoms with Crippen molar-refractivity contribution in [1.29, 1.82) is 0 Å². The first-order valence-corrected chi connectivity index (χ1v) is 10.7. The summed E-state index contributed by atoms with van der Waals surface area (Å²) in [7, 11) is 0. The summed E-state index contributed by atoms with van der Waals surface area (Å²) in [6, 6.07) is 20.0. The number of halogens is 1. The first-order valence-electron chi connectivity index (χ1n) is 10.3. The molecule has 0 atom stereocenters. The number of carbonyl (C=O) groups is 1. The molecule has 4 rings (SSSR count). The van der Waals surface area contributed by atoms with Gasteiger partial charge in [0.1, 0.15) is 0 Å². The summed E-state index contributed by atoms with van der Waals surface area (Å²) in [5.74, 6) is -0.994. The minimum atomic E-state index is -0.994. The van der Waals surface area contributed by atoms with E-state index in [1.165, 1.54) is 11.6 Å². The van der Waals surface area contributed by atoms with Crippen LogP contribution in [0.4, 0.5) is 0 Å². The van der Waals surface area contributed by atoms with Crippen molar-refractivity contribution in [3.63, 3.8) is 0 Å². The molecule has 158 valence electrons. The third-order valence-corrected chi connectivity index (χ3v) is 5.65. The Bertz CT molecular complexity index is 1300. The Hall–Kier alpha value is -3.31. The number of aryl methyl sites for hydroxylation is 1. The second kappa shape index (κ2) is 8.82. The van der Waals surface area contributed by atoms with E-state index in [1.54, 1.807) is 33.4 Å². The van der Waals surface area contributed by atoms with Gasteiger partial charge >= 0.3 is 11.7 Å². The van der Waals surface area contributed by atoms with Crippen molar-refractivity contribution in [3.05, 3.63) is 98.9 Å². The number of imidazole rings is 1. The van der Waals surface area contributed by atoms with Gasteiger partial charge in [-0.25, -0.2) is 9.59 Å². The number of aromatic nitrogens is 2. The van der Waals surface area contributed by atoms with Crippen LogP contribution in [0, 0.1) is 0 Å². The minimum absolute atomic E-state index is 0.194. The normalized spacial score (nSPS) is 11.2. The third-order valence-electron chi connectivity index (χ3n) is 5.42. The molecular formula is C25H23ClN2O3. The van der Waals surface area contributed by atoms with Crippen LogP contribution in [0.15, 0.2) is 71.5 Å². The number of aromatic carboxylic acids is 1. The first kappa shape index (κ1) is 20.9. The maximum absolute atomic E-state index is 13.4. The maximum Gasteiger partial charge on any atom is 0.335 e. The van der Waals surface area contributed by atoms with Gasteiger partial charge in [-0.1, -0.05) is 49.2 Å². The van der Waals surface area contributed by atoms with E-state index in [1.807, 2.05) is 24.3 Å². The number of fused-ring (bicyclic) bond motifs is 1. The van der Waals surface area contributed by atoms with Gasteiger partial charge < -0.3 is 5.11 Å². The van der Waals surface area contributed by atoms with Crippen LogP contribution in [-0.4, -0.2) is 20.2 Å². The van der Waals surface area contributed by atoms with Gasteiger partial charge in [0.25, 0.3) is 0 Å². The van der Waals surface area contributed by atoms with Crippen LogP contribution in [0.2, 0.25) is 5.02 Å². The Kier molecular flexibility index (Phi) is 5.96. The summed E-state index contributed by atoms with van der Waals surface area (Å²) in [5, 5.41) is 9.82. The van der Waals surface area contributed by atoms with E-state index in [0.29, 0.717) is 10.5 Å². The zero-order valence-electron chi connectivity index (χ0n) is 17.2. The molecule has 0 unspecified atom stereocenters. The van der Waals surface area contributed by atoms with Crippen molar-refractivity contribution < 1.29 is 9.90 Å². The van der Waals surface area contributed by atoms with E-state index >= 15 is 0 Å². The molecule has 0 aliphatic rings. The Morgan fingerprint density at radius 3 is 2.45 bits per heavy atom. The number of unbranched alkanes of at least 4 members (excludes halogenated alkanes) is 1. The summed E-state index contributed by atoms with van der Waals surface area (Å²) >= 11 is 6.25. The topological polar surface area (TPSA) is 64.2 Å². The second-order valence-corrected chi connectivity index (χ2v) is 8.05. The molecular weight excluding hydrogens is 412 g/mol. The van der Waals surface area contributed by atoms with Gasteiger partial charge in [0.15, 0.2) is 0 Å². The molecule has 0 amide bonds. The molecule has 0 saturated heterocycles. The molecule has 5 nitrogen and oxygen atoms in total. The maximum atomic E-state index is 13.4. The van der Waals surface area contributed by atoms with Crippen molar-refractivity contribution in [2.45, 2.75) is 32.7 Å². The van der Waals surface area contributed by atoms with E-state index in [0.717, 1.165) is 36.0 Å². The lowest BCUT2D eigenvalue weighted by molar-refractivity contribution is 0.0696. The Labute approximate surface area is 185 Å². The molecule has 0 spiro atoms. The molecule has 6 heteroatoms. The number of carboxylic acid groups (broad SMARTS) is 1. The van der Waals surface area contributed by atoms with Crippen LogP contribution in [-0.2, 0) is 13.0 Å². The SMILES string of the molecule is CCCCc1ccc(-n2c(=O)n(Cc3cccc(C(=O)O)c3)c3ccc(Cl)cc32)cc1.